The standard InChI is InChI=1S/C19H16Cl2N4/c20-15-5-6-16(21)17(11-15)23-18-7-9-22-19(24-18)25-10-8-13-3-1-2-4-14(13)12-25/h1-7,9,11H,8,10,12H2,(H,22,23,24). The summed E-state index contributed by atoms with van der Waals surface area (Å²) >= 11 is 12.3. The average Bonchev–Trinajstić information content (AvgIpc) is 2.64. The first-order valence-electron chi connectivity index (χ1n) is 8.06. The van der Waals surface area contributed by atoms with Crippen LogP contribution in [0.1, 0.15) is 11.1 Å². The molecule has 0 unspecified atom stereocenters. The zero-order valence-corrected chi connectivity index (χ0v) is 14.9. The molecule has 0 spiro atoms. The molecule has 0 aliphatic carbocycles. The van der Waals surface area contributed by atoms with Crippen molar-refractivity contribution in [3.8, 4) is 0 Å². The van der Waals surface area contributed by atoms with Crippen LogP contribution in [-0.2, 0) is 13.0 Å². The molecule has 0 radical (unpaired) electrons. The Balaban J connectivity index is 1.57. The van der Waals surface area contributed by atoms with E-state index in [1.807, 2.05) is 6.07 Å². The minimum atomic E-state index is 0.594. The van der Waals surface area contributed by atoms with Gasteiger partial charge in [0.15, 0.2) is 0 Å². The van der Waals surface area contributed by atoms with Gasteiger partial charge in [0.1, 0.15) is 5.82 Å². The molecule has 0 saturated carbocycles. The van der Waals surface area contributed by atoms with E-state index >= 15 is 0 Å². The molecule has 6 heteroatoms. The highest BCUT2D eigenvalue weighted by atomic mass is 35.5. The van der Waals surface area contributed by atoms with E-state index in [0.717, 1.165) is 25.2 Å². The fourth-order valence-corrected chi connectivity index (χ4v) is 3.30. The summed E-state index contributed by atoms with van der Waals surface area (Å²) in [5.74, 6) is 1.39. The van der Waals surface area contributed by atoms with Gasteiger partial charge in [-0.3, -0.25) is 0 Å². The van der Waals surface area contributed by atoms with Crippen LogP contribution in [-0.4, -0.2) is 16.5 Å². The third-order valence-corrected chi connectivity index (χ3v) is 4.81. The van der Waals surface area contributed by atoms with Gasteiger partial charge in [-0.1, -0.05) is 47.5 Å². The number of anilines is 3. The van der Waals surface area contributed by atoms with Gasteiger partial charge in [0.2, 0.25) is 5.95 Å². The SMILES string of the molecule is Clc1ccc(Cl)c(Nc2ccnc(N3CCc4ccccc4C3)n2)c1. The zero-order valence-electron chi connectivity index (χ0n) is 13.4. The lowest BCUT2D eigenvalue weighted by atomic mass is 10.0. The smallest absolute Gasteiger partial charge is 0.227 e. The summed E-state index contributed by atoms with van der Waals surface area (Å²) in [7, 11) is 0. The van der Waals surface area contributed by atoms with Crippen molar-refractivity contribution in [1.29, 1.82) is 0 Å². The number of halogens is 2. The largest absolute Gasteiger partial charge is 0.339 e. The Morgan fingerprint density at radius 1 is 1.00 bits per heavy atom. The first-order valence-corrected chi connectivity index (χ1v) is 8.81. The normalized spacial score (nSPS) is 13.4. The molecule has 1 N–H and O–H groups in total. The summed E-state index contributed by atoms with van der Waals surface area (Å²) in [5, 5.41) is 4.43. The van der Waals surface area contributed by atoms with Gasteiger partial charge in [-0.2, -0.15) is 4.98 Å². The molecule has 1 aliphatic rings. The second-order valence-electron chi connectivity index (χ2n) is 5.93. The van der Waals surface area contributed by atoms with Crippen molar-refractivity contribution in [2.75, 3.05) is 16.8 Å². The van der Waals surface area contributed by atoms with Crippen molar-refractivity contribution in [1.82, 2.24) is 9.97 Å². The highest BCUT2D eigenvalue weighted by Gasteiger charge is 2.18. The average molecular weight is 371 g/mol. The molecular formula is C19H16Cl2N4. The lowest BCUT2D eigenvalue weighted by Crippen LogP contribution is -2.31. The minimum absolute atomic E-state index is 0.594. The van der Waals surface area contributed by atoms with Crippen molar-refractivity contribution in [2.24, 2.45) is 0 Å². The topological polar surface area (TPSA) is 41.1 Å². The number of nitrogens with zero attached hydrogens (tertiary/aromatic N) is 3. The molecule has 0 amide bonds. The van der Waals surface area contributed by atoms with Gasteiger partial charge < -0.3 is 10.2 Å². The third-order valence-electron chi connectivity index (χ3n) is 4.25. The Bertz CT molecular complexity index is 913. The van der Waals surface area contributed by atoms with Crippen molar-refractivity contribution in [2.45, 2.75) is 13.0 Å². The van der Waals surface area contributed by atoms with E-state index in [9.17, 15) is 0 Å². The molecule has 4 rings (SSSR count). The Morgan fingerprint density at radius 2 is 1.84 bits per heavy atom. The molecule has 1 aromatic heterocycles. The van der Waals surface area contributed by atoms with Gasteiger partial charge in [-0.05, 0) is 41.8 Å². The van der Waals surface area contributed by atoms with Crippen LogP contribution in [0.2, 0.25) is 10.0 Å². The van der Waals surface area contributed by atoms with E-state index in [0.29, 0.717) is 21.8 Å². The predicted molar refractivity (Wildman–Crippen MR) is 103 cm³/mol. The number of nitrogens with one attached hydrogen (secondary N) is 1. The lowest BCUT2D eigenvalue weighted by molar-refractivity contribution is 0.708. The Labute approximate surface area is 156 Å². The zero-order chi connectivity index (χ0) is 17.2. The molecule has 0 bridgehead atoms. The molecule has 126 valence electrons. The summed E-state index contributed by atoms with van der Waals surface area (Å²) in [6, 6.07) is 15.6. The number of hydrogen-bond acceptors (Lipinski definition) is 4. The third kappa shape index (κ3) is 3.55. The minimum Gasteiger partial charge on any atom is -0.339 e. The summed E-state index contributed by atoms with van der Waals surface area (Å²) in [4.78, 5) is 11.3. The van der Waals surface area contributed by atoms with Crippen LogP contribution in [0.4, 0.5) is 17.5 Å². The Morgan fingerprint density at radius 3 is 2.72 bits per heavy atom. The number of benzene rings is 2. The molecule has 3 aromatic rings. The van der Waals surface area contributed by atoms with E-state index in [-0.39, 0.29) is 0 Å². The van der Waals surface area contributed by atoms with Crippen LogP contribution in [0.3, 0.4) is 0 Å². The molecule has 4 nitrogen and oxygen atoms in total. The van der Waals surface area contributed by atoms with Crippen LogP contribution in [0.5, 0.6) is 0 Å². The molecule has 25 heavy (non-hydrogen) atoms. The van der Waals surface area contributed by atoms with Gasteiger partial charge in [-0.25, -0.2) is 4.98 Å². The summed E-state index contributed by atoms with van der Waals surface area (Å²) in [6.45, 7) is 1.72. The predicted octanol–water partition coefficient (Wildman–Crippen LogP) is 5.09. The van der Waals surface area contributed by atoms with Crippen molar-refractivity contribution < 1.29 is 0 Å². The van der Waals surface area contributed by atoms with E-state index < -0.39 is 0 Å². The summed E-state index contributed by atoms with van der Waals surface area (Å²) in [6.07, 6.45) is 2.75. The molecule has 1 aliphatic heterocycles. The Hall–Kier alpha value is -2.30. The van der Waals surface area contributed by atoms with Crippen molar-refractivity contribution in [3.63, 3.8) is 0 Å². The second-order valence-corrected chi connectivity index (χ2v) is 6.77. The summed E-state index contributed by atoms with van der Waals surface area (Å²) in [5.41, 5.74) is 3.45. The van der Waals surface area contributed by atoms with Crippen LogP contribution >= 0.6 is 23.2 Å². The van der Waals surface area contributed by atoms with Crippen molar-refractivity contribution in [3.05, 3.63) is 75.9 Å². The first-order chi connectivity index (χ1) is 12.2. The molecule has 2 heterocycles. The molecule has 0 fully saturated rings. The molecular weight excluding hydrogens is 355 g/mol. The van der Waals surface area contributed by atoms with Gasteiger partial charge in [0, 0.05) is 24.3 Å². The fraction of sp³-hybridized carbons (Fsp3) is 0.158. The van der Waals surface area contributed by atoms with Gasteiger partial charge in [0.25, 0.3) is 0 Å². The van der Waals surface area contributed by atoms with Crippen molar-refractivity contribution >= 4 is 40.7 Å². The highest BCUT2D eigenvalue weighted by Crippen LogP contribution is 2.28. The van der Waals surface area contributed by atoms with Gasteiger partial charge >= 0.3 is 0 Å². The van der Waals surface area contributed by atoms with Crippen LogP contribution in [0.15, 0.2) is 54.7 Å². The molecule has 0 atom stereocenters. The van der Waals surface area contributed by atoms with Crippen LogP contribution in [0, 0.1) is 0 Å². The first kappa shape index (κ1) is 16.2. The molecule has 0 saturated heterocycles. The summed E-state index contributed by atoms with van der Waals surface area (Å²) < 4.78 is 0. The fourth-order valence-electron chi connectivity index (χ4n) is 2.97. The maximum absolute atomic E-state index is 6.22. The van der Waals surface area contributed by atoms with E-state index in [2.05, 4.69) is 44.5 Å². The number of hydrogen-bond donors (Lipinski definition) is 1. The maximum Gasteiger partial charge on any atom is 0.227 e. The monoisotopic (exact) mass is 370 g/mol. The number of aromatic nitrogens is 2. The lowest BCUT2D eigenvalue weighted by Gasteiger charge is -2.29. The van der Waals surface area contributed by atoms with Gasteiger partial charge in [-0.15, -0.1) is 0 Å². The Kier molecular flexibility index (Phi) is 4.47. The maximum atomic E-state index is 6.22. The highest BCUT2D eigenvalue weighted by molar-refractivity contribution is 6.35. The van der Waals surface area contributed by atoms with E-state index in [1.165, 1.54) is 11.1 Å². The van der Waals surface area contributed by atoms with Gasteiger partial charge in [0.05, 0.1) is 10.7 Å². The van der Waals surface area contributed by atoms with Crippen LogP contribution < -0.4 is 10.2 Å². The quantitative estimate of drug-likeness (QED) is 0.696. The molecule has 2 aromatic carbocycles. The number of fused-ring (bicyclic) bond motifs is 1. The van der Waals surface area contributed by atoms with E-state index in [4.69, 9.17) is 23.2 Å². The van der Waals surface area contributed by atoms with E-state index in [1.54, 1.807) is 24.4 Å². The second kappa shape index (κ2) is 6.90. The number of rotatable bonds is 3. The van der Waals surface area contributed by atoms with Crippen LogP contribution in [0.25, 0.3) is 0 Å².